The molecular weight excluding hydrogens is 217 g/mol. The van der Waals surface area contributed by atoms with Crippen molar-refractivity contribution < 1.29 is 0 Å². The summed E-state index contributed by atoms with van der Waals surface area (Å²) in [7, 11) is 0. The third-order valence-electron chi connectivity index (χ3n) is 1.67. The predicted molar refractivity (Wildman–Crippen MR) is 63.0 cm³/mol. The molecule has 0 aliphatic heterocycles. The first kappa shape index (κ1) is 11.2. The number of rotatable bonds is 3. The van der Waals surface area contributed by atoms with Crippen LogP contribution in [0.2, 0.25) is 10.0 Å². The molecule has 3 heteroatoms. The van der Waals surface area contributed by atoms with Crippen molar-refractivity contribution in [3.05, 3.63) is 28.2 Å². The van der Waals surface area contributed by atoms with Gasteiger partial charge in [-0.3, -0.25) is 0 Å². The van der Waals surface area contributed by atoms with Crippen molar-refractivity contribution in [3.63, 3.8) is 0 Å². The number of benzene rings is 1. The van der Waals surface area contributed by atoms with E-state index in [1.165, 1.54) is 0 Å². The second-order valence-corrected chi connectivity index (χ2v) is 3.57. The molecule has 1 aromatic carbocycles. The fraction of sp³-hybridized carbons (Fsp3) is 0.273. The van der Waals surface area contributed by atoms with E-state index < -0.39 is 0 Å². The van der Waals surface area contributed by atoms with Gasteiger partial charge in [0.1, 0.15) is 0 Å². The normalized spacial score (nSPS) is 9.07. The molecule has 0 aromatic heterocycles. The zero-order valence-electron chi connectivity index (χ0n) is 7.90. The molecule has 0 saturated carbocycles. The second-order valence-electron chi connectivity index (χ2n) is 2.73. The number of nitrogens with one attached hydrogen (secondary N) is 1. The lowest BCUT2D eigenvalue weighted by atomic mass is 10.3. The number of halogens is 2. The fourth-order valence-corrected chi connectivity index (χ4v) is 1.49. The van der Waals surface area contributed by atoms with Crippen molar-refractivity contribution in [2.45, 2.75) is 13.3 Å². The maximum atomic E-state index is 5.96. The maximum absolute atomic E-state index is 5.96. The van der Waals surface area contributed by atoms with Crippen molar-refractivity contribution in [3.8, 4) is 11.8 Å². The minimum atomic E-state index is 0.641. The van der Waals surface area contributed by atoms with E-state index in [1.54, 1.807) is 12.1 Å². The van der Waals surface area contributed by atoms with Gasteiger partial charge in [0.15, 0.2) is 0 Å². The first-order valence-electron chi connectivity index (χ1n) is 4.32. The zero-order valence-corrected chi connectivity index (χ0v) is 9.41. The summed E-state index contributed by atoms with van der Waals surface area (Å²) >= 11 is 11.7. The molecule has 0 heterocycles. The first-order chi connectivity index (χ1) is 6.74. The molecule has 0 aliphatic carbocycles. The van der Waals surface area contributed by atoms with E-state index in [1.807, 2.05) is 13.0 Å². The van der Waals surface area contributed by atoms with Crippen LogP contribution in [-0.2, 0) is 0 Å². The maximum Gasteiger partial charge on any atom is 0.0652 e. The monoisotopic (exact) mass is 227 g/mol. The lowest BCUT2D eigenvalue weighted by molar-refractivity contribution is 1.10. The highest BCUT2D eigenvalue weighted by atomic mass is 35.5. The van der Waals surface area contributed by atoms with E-state index >= 15 is 0 Å². The number of hydrogen-bond acceptors (Lipinski definition) is 1. The molecule has 0 saturated heterocycles. The van der Waals surface area contributed by atoms with E-state index in [2.05, 4.69) is 17.2 Å². The molecule has 0 spiro atoms. The van der Waals surface area contributed by atoms with Gasteiger partial charge in [-0.1, -0.05) is 23.2 Å². The van der Waals surface area contributed by atoms with Crippen LogP contribution in [0, 0.1) is 11.8 Å². The smallest absolute Gasteiger partial charge is 0.0652 e. The molecule has 14 heavy (non-hydrogen) atoms. The highest BCUT2D eigenvalue weighted by molar-refractivity contribution is 6.36. The molecule has 74 valence electrons. The van der Waals surface area contributed by atoms with Gasteiger partial charge in [0, 0.05) is 18.0 Å². The predicted octanol–water partition coefficient (Wildman–Crippen LogP) is 3.82. The van der Waals surface area contributed by atoms with E-state index in [9.17, 15) is 0 Å². The Kier molecular flexibility index (Phi) is 4.65. The van der Waals surface area contributed by atoms with Gasteiger partial charge in [-0.15, -0.1) is 11.8 Å². The molecule has 1 aromatic rings. The van der Waals surface area contributed by atoms with Crippen molar-refractivity contribution in [2.24, 2.45) is 0 Å². The molecule has 0 amide bonds. The number of anilines is 1. The van der Waals surface area contributed by atoms with Crippen molar-refractivity contribution in [1.29, 1.82) is 0 Å². The Morgan fingerprint density at radius 1 is 1.36 bits per heavy atom. The molecule has 0 radical (unpaired) electrons. The molecule has 1 rings (SSSR count). The van der Waals surface area contributed by atoms with Gasteiger partial charge in [0.2, 0.25) is 0 Å². The van der Waals surface area contributed by atoms with Gasteiger partial charge in [-0.05, 0) is 25.1 Å². The third-order valence-corrected chi connectivity index (χ3v) is 2.22. The quantitative estimate of drug-likeness (QED) is 0.612. The van der Waals surface area contributed by atoms with Gasteiger partial charge in [-0.25, -0.2) is 0 Å². The molecule has 0 atom stereocenters. The molecular formula is C11H11Cl2N. The fourth-order valence-electron chi connectivity index (χ4n) is 1.02. The van der Waals surface area contributed by atoms with Crippen LogP contribution in [-0.4, -0.2) is 6.54 Å². The summed E-state index contributed by atoms with van der Waals surface area (Å²) in [4.78, 5) is 0. The Bertz CT molecular complexity index is 363. The summed E-state index contributed by atoms with van der Waals surface area (Å²) < 4.78 is 0. The van der Waals surface area contributed by atoms with Crippen molar-refractivity contribution >= 4 is 28.9 Å². The molecule has 0 unspecified atom stereocenters. The van der Waals surface area contributed by atoms with Crippen LogP contribution in [0.3, 0.4) is 0 Å². The minimum Gasteiger partial charge on any atom is -0.383 e. The Morgan fingerprint density at radius 2 is 2.14 bits per heavy atom. The van der Waals surface area contributed by atoms with Gasteiger partial charge in [-0.2, -0.15) is 0 Å². The average molecular weight is 228 g/mol. The van der Waals surface area contributed by atoms with Crippen LogP contribution in [0.4, 0.5) is 5.69 Å². The Labute approximate surface area is 94.4 Å². The van der Waals surface area contributed by atoms with E-state index in [0.717, 1.165) is 18.7 Å². The van der Waals surface area contributed by atoms with Gasteiger partial charge < -0.3 is 5.32 Å². The first-order valence-corrected chi connectivity index (χ1v) is 5.08. The topological polar surface area (TPSA) is 12.0 Å². The molecule has 1 N–H and O–H groups in total. The minimum absolute atomic E-state index is 0.641. The van der Waals surface area contributed by atoms with Gasteiger partial charge >= 0.3 is 0 Å². The lowest BCUT2D eigenvalue weighted by Crippen LogP contribution is -2.00. The van der Waals surface area contributed by atoms with Gasteiger partial charge in [0.25, 0.3) is 0 Å². The van der Waals surface area contributed by atoms with E-state index in [-0.39, 0.29) is 0 Å². The summed E-state index contributed by atoms with van der Waals surface area (Å²) in [6.45, 7) is 2.62. The lowest BCUT2D eigenvalue weighted by Gasteiger charge is -2.06. The SMILES string of the molecule is CC#CCCNc1ccc(Cl)cc1Cl. The second kappa shape index (κ2) is 5.80. The summed E-state index contributed by atoms with van der Waals surface area (Å²) in [6, 6.07) is 5.39. The standard InChI is InChI=1S/C11H11Cl2N/c1-2-3-4-7-14-11-6-5-9(12)8-10(11)13/h5-6,8,14H,4,7H2,1H3. The summed E-state index contributed by atoms with van der Waals surface area (Å²) in [6.07, 6.45) is 0.815. The van der Waals surface area contributed by atoms with Crippen LogP contribution in [0.5, 0.6) is 0 Å². The Hall–Kier alpha value is -0.840. The van der Waals surface area contributed by atoms with E-state index in [0.29, 0.717) is 10.0 Å². The summed E-state index contributed by atoms with van der Waals surface area (Å²) in [5.74, 6) is 5.80. The molecule has 0 aliphatic rings. The Morgan fingerprint density at radius 3 is 2.79 bits per heavy atom. The van der Waals surface area contributed by atoms with Crippen LogP contribution < -0.4 is 5.32 Å². The van der Waals surface area contributed by atoms with Crippen molar-refractivity contribution in [2.75, 3.05) is 11.9 Å². The highest BCUT2D eigenvalue weighted by Gasteiger charge is 1.98. The highest BCUT2D eigenvalue weighted by Crippen LogP contribution is 2.25. The molecule has 0 bridgehead atoms. The number of hydrogen-bond donors (Lipinski definition) is 1. The van der Waals surface area contributed by atoms with Gasteiger partial charge in [0.05, 0.1) is 10.7 Å². The van der Waals surface area contributed by atoms with Crippen molar-refractivity contribution in [1.82, 2.24) is 0 Å². The van der Waals surface area contributed by atoms with E-state index in [4.69, 9.17) is 23.2 Å². The Balaban J connectivity index is 2.53. The van der Waals surface area contributed by atoms with Crippen LogP contribution >= 0.6 is 23.2 Å². The van der Waals surface area contributed by atoms with Crippen LogP contribution in [0.1, 0.15) is 13.3 Å². The summed E-state index contributed by atoms with van der Waals surface area (Å²) in [5, 5.41) is 4.47. The largest absolute Gasteiger partial charge is 0.383 e. The third kappa shape index (κ3) is 3.49. The van der Waals surface area contributed by atoms with Crippen LogP contribution in [0.15, 0.2) is 18.2 Å². The average Bonchev–Trinajstić information content (AvgIpc) is 2.15. The zero-order chi connectivity index (χ0) is 10.4. The molecule has 1 nitrogen and oxygen atoms in total. The van der Waals surface area contributed by atoms with Crippen LogP contribution in [0.25, 0.3) is 0 Å². The summed E-state index contributed by atoms with van der Waals surface area (Å²) in [5.41, 5.74) is 0.897. The molecule has 0 fully saturated rings.